The van der Waals surface area contributed by atoms with Gasteiger partial charge >= 0.3 is 0 Å². The molecule has 0 fully saturated rings. The molecule has 0 aliphatic rings. The quantitative estimate of drug-likeness (QED) is 0.764. The average molecular weight is 283 g/mol. The van der Waals surface area contributed by atoms with Gasteiger partial charge in [-0.3, -0.25) is 0 Å². The molecule has 0 saturated heterocycles. The molecule has 1 unspecified atom stereocenters. The number of aliphatic hydroxyl groups excluding tert-OH is 1. The van der Waals surface area contributed by atoms with Gasteiger partial charge in [0, 0.05) is 7.05 Å². The highest BCUT2D eigenvalue weighted by Gasteiger charge is 2.16. The van der Waals surface area contributed by atoms with Gasteiger partial charge in [0.15, 0.2) is 11.5 Å². The van der Waals surface area contributed by atoms with Crippen LogP contribution in [0.4, 0.5) is 5.82 Å². The number of aromatic nitrogens is 4. The fourth-order valence-corrected chi connectivity index (χ4v) is 2.42. The molecule has 3 rings (SSSR count). The van der Waals surface area contributed by atoms with Crippen molar-refractivity contribution >= 4 is 17.0 Å². The molecule has 0 aliphatic carbocycles. The summed E-state index contributed by atoms with van der Waals surface area (Å²) in [5.41, 5.74) is 3.62. The fraction of sp³-hybridized carbons (Fsp3) is 0.267. The zero-order valence-corrected chi connectivity index (χ0v) is 12.0. The van der Waals surface area contributed by atoms with Crippen molar-refractivity contribution in [3.8, 4) is 0 Å². The molecule has 0 spiro atoms. The predicted octanol–water partition coefficient (Wildman–Crippen LogP) is 1.82. The molecule has 1 aromatic carbocycles. The third-order valence-corrected chi connectivity index (χ3v) is 3.55. The van der Waals surface area contributed by atoms with Gasteiger partial charge in [-0.25, -0.2) is 15.0 Å². The maximum atomic E-state index is 9.71. The van der Waals surface area contributed by atoms with Gasteiger partial charge < -0.3 is 15.0 Å². The molecule has 0 amide bonds. The Labute approximate surface area is 122 Å². The summed E-state index contributed by atoms with van der Waals surface area (Å²) in [6.07, 6.45) is 3.20. The number of imidazole rings is 1. The van der Waals surface area contributed by atoms with Crippen molar-refractivity contribution in [2.45, 2.75) is 13.0 Å². The van der Waals surface area contributed by atoms with E-state index in [1.54, 1.807) is 6.33 Å². The van der Waals surface area contributed by atoms with E-state index >= 15 is 0 Å². The lowest BCUT2D eigenvalue weighted by atomic mass is 10.0. The van der Waals surface area contributed by atoms with Crippen LogP contribution in [-0.4, -0.2) is 31.2 Å². The molecule has 6 nitrogen and oxygen atoms in total. The van der Waals surface area contributed by atoms with E-state index in [0.717, 1.165) is 16.8 Å². The number of nitrogens with one attached hydrogen (secondary N) is 1. The lowest BCUT2D eigenvalue weighted by molar-refractivity contribution is 0.276. The Morgan fingerprint density at radius 3 is 2.81 bits per heavy atom. The number of aliphatic hydroxyl groups is 1. The van der Waals surface area contributed by atoms with Crippen LogP contribution in [0.3, 0.4) is 0 Å². The van der Waals surface area contributed by atoms with E-state index in [2.05, 4.69) is 20.3 Å². The van der Waals surface area contributed by atoms with Crippen LogP contribution in [0.25, 0.3) is 11.2 Å². The number of nitrogens with zero attached hydrogens (tertiary/aromatic N) is 4. The monoisotopic (exact) mass is 283 g/mol. The van der Waals surface area contributed by atoms with E-state index in [1.807, 2.05) is 42.8 Å². The SMILES string of the molecule is Cc1ccccc1C(CO)Nc1ncnc2c1ncn2C. The molecule has 0 radical (unpaired) electrons. The Balaban J connectivity index is 1.98. The second-order valence-electron chi connectivity index (χ2n) is 4.99. The van der Waals surface area contributed by atoms with Crippen LogP contribution in [0, 0.1) is 6.92 Å². The van der Waals surface area contributed by atoms with Gasteiger partial charge in [-0.05, 0) is 18.1 Å². The minimum absolute atomic E-state index is 0.0246. The molecule has 6 heteroatoms. The number of hydrogen-bond donors (Lipinski definition) is 2. The minimum atomic E-state index is -0.230. The van der Waals surface area contributed by atoms with Crippen LogP contribution in [-0.2, 0) is 7.05 Å². The zero-order chi connectivity index (χ0) is 14.8. The van der Waals surface area contributed by atoms with Crippen molar-refractivity contribution < 1.29 is 5.11 Å². The first-order valence-corrected chi connectivity index (χ1v) is 6.75. The number of rotatable bonds is 4. The highest BCUT2D eigenvalue weighted by Crippen LogP contribution is 2.24. The summed E-state index contributed by atoms with van der Waals surface area (Å²) in [7, 11) is 1.89. The molecule has 2 N–H and O–H groups in total. The van der Waals surface area contributed by atoms with Crippen LogP contribution >= 0.6 is 0 Å². The van der Waals surface area contributed by atoms with Crippen molar-refractivity contribution in [1.29, 1.82) is 0 Å². The van der Waals surface area contributed by atoms with Crippen molar-refractivity contribution in [1.82, 2.24) is 19.5 Å². The van der Waals surface area contributed by atoms with Crippen LogP contribution < -0.4 is 5.32 Å². The number of fused-ring (bicyclic) bond motifs is 1. The largest absolute Gasteiger partial charge is 0.394 e. The molecule has 2 heterocycles. The Hall–Kier alpha value is -2.47. The van der Waals surface area contributed by atoms with Crippen LogP contribution in [0.5, 0.6) is 0 Å². The van der Waals surface area contributed by atoms with Crippen molar-refractivity contribution in [2.24, 2.45) is 7.05 Å². The Morgan fingerprint density at radius 2 is 2.05 bits per heavy atom. The van der Waals surface area contributed by atoms with Gasteiger partial charge in [0.25, 0.3) is 0 Å². The van der Waals surface area contributed by atoms with Gasteiger partial charge in [0.2, 0.25) is 0 Å². The molecule has 0 bridgehead atoms. The topological polar surface area (TPSA) is 75.9 Å². The van der Waals surface area contributed by atoms with Crippen molar-refractivity contribution in [2.75, 3.05) is 11.9 Å². The highest BCUT2D eigenvalue weighted by molar-refractivity contribution is 5.82. The smallest absolute Gasteiger partial charge is 0.165 e. The molecule has 21 heavy (non-hydrogen) atoms. The lowest BCUT2D eigenvalue weighted by Gasteiger charge is -2.19. The van der Waals surface area contributed by atoms with Gasteiger partial charge in [-0.1, -0.05) is 24.3 Å². The average Bonchev–Trinajstić information content (AvgIpc) is 2.88. The first-order chi connectivity index (χ1) is 10.2. The summed E-state index contributed by atoms with van der Waals surface area (Å²) < 4.78 is 1.84. The molecule has 0 saturated carbocycles. The number of anilines is 1. The number of aryl methyl sites for hydroxylation is 2. The Kier molecular flexibility index (Phi) is 3.53. The maximum Gasteiger partial charge on any atom is 0.165 e. The first kappa shape index (κ1) is 13.5. The number of benzene rings is 1. The van der Waals surface area contributed by atoms with Crippen molar-refractivity contribution in [3.05, 3.63) is 48.0 Å². The molecule has 3 aromatic rings. The molecule has 2 aromatic heterocycles. The lowest BCUT2D eigenvalue weighted by Crippen LogP contribution is -2.17. The highest BCUT2D eigenvalue weighted by atomic mass is 16.3. The van der Waals surface area contributed by atoms with Gasteiger partial charge in [0.1, 0.15) is 11.8 Å². The van der Waals surface area contributed by atoms with Gasteiger partial charge in [-0.15, -0.1) is 0 Å². The van der Waals surface area contributed by atoms with E-state index in [-0.39, 0.29) is 12.6 Å². The Bertz CT molecular complexity index is 768. The zero-order valence-electron chi connectivity index (χ0n) is 12.0. The van der Waals surface area contributed by atoms with E-state index in [9.17, 15) is 5.11 Å². The third-order valence-electron chi connectivity index (χ3n) is 3.55. The summed E-state index contributed by atoms with van der Waals surface area (Å²) in [5.74, 6) is 0.628. The molecular weight excluding hydrogens is 266 g/mol. The van der Waals surface area contributed by atoms with Crippen LogP contribution in [0.1, 0.15) is 17.2 Å². The fourth-order valence-electron chi connectivity index (χ4n) is 2.42. The third kappa shape index (κ3) is 2.45. The molecule has 108 valence electrons. The summed E-state index contributed by atoms with van der Waals surface area (Å²) in [4.78, 5) is 12.8. The number of hydrogen-bond acceptors (Lipinski definition) is 5. The van der Waals surface area contributed by atoms with Crippen molar-refractivity contribution in [3.63, 3.8) is 0 Å². The normalized spacial score (nSPS) is 12.5. The van der Waals surface area contributed by atoms with E-state index in [4.69, 9.17) is 0 Å². The second-order valence-corrected chi connectivity index (χ2v) is 4.99. The summed E-state index contributed by atoms with van der Waals surface area (Å²) >= 11 is 0. The standard InChI is InChI=1S/C15H17N5O/c1-10-5-3-4-6-11(10)12(7-21)19-14-13-15(17-8-16-14)20(2)9-18-13/h3-6,8-9,12,21H,7H2,1-2H3,(H,16,17,19). The van der Waals surface area contributed by atoms with Gasteiger partial charge in [-0.2, -0.15) is 0 Å². The van der Waals surface area contributed by atoms with E-state index < -0.39 is 0 Å². The van der Waals surface area contributed by atoms with Crippen LogP contribution in [0.15, 0.2) is 36.9 Å². The Morgan fingerprint density at radius 1 is 1.24 bits per heavy atom. The summed E-state index contributed by atoms with van der Waals surface area (Å²) in [6.45, 7) is 2.00. The molecule has 1 atom stereocenters. The maximum absolute atomic E-state index is 9.71. The summed E-state index contributed by atoms with van der Waals surface area (Å²) in [5, 5.41) is 13.0. The van der Waals surface area contributed by atoms with E-state index in [0.29, 0.717) is 11.3 Å². The molecule has 0 aliphatic heterocycles. The minimum Gasteiger partial charge on any atom is -0.394 e. The summed E-state index contributed by atoms with van der Waals surface area (Å²) in [6, 6.07) is 7.74. The first-order valence-electron chi connectivity index (χ1n) is 6.75. The van der Waals surface area contributed by atoms with Gasteiger partial charge in [0.05, 0.1) is 19.0 Å². The molecular formula is C15H17N5O. The predicted molar refractivity (Wildman–Crippen MR) is 80.9 cm³/mol. The second kappa shape index (κ2) is 5.49. The van der Waals surface area contributed by atoms with Crippen LogP contribution in [0.2, 0.25) is 0 Å². The van der Waals surface area contributed by atoms with E-state index in [1.165, 1.54) is 6.33 Å².